The Bertz CT molecular complexity index is 1180. The van der Waals surface area contributed by atoms with Crippen LogP contribution in [-0.2, 0) is 14.2 Å². The van der Waals surface area contributed by atoms with Crippen LogP contribution in [0.5, 0.6) is 5.75 Å². The van der Waals surface area contributed by atoms with Crippen LogP contribution in [0.3, 0.4) is 0 Å². The highest BCUT2D eigenvalue weighted by atomic mass is 16.6. The average Bonchev–Trinajstić information content (AvgIpc) is 2.82. The Hall–Kier alpha value is -4.13. The lowest BCUT2D eigenvalue weighted by Gasteiger charge is -2.29. The van der Waals surface area contributed by atoms with Gasteiger partial charge in [-0.2, -0.15) is 0 Å². The van der Waals surface area contributed by atoms with Crippen molar-refractivity contribution < 1.29 is 33.3 Å². The highest BCUT2D eigenvalue weighted by Crippen LogP contribution is 2.34. The maximum atomic E-state index is 13.3. The molecular formula is C26H38N6O7. The van der Waals surface area contributed by atoms with Gasteiger partial charge in [-0.15, -0.1) is 0 Å². The standard InChI is InChI=1S/C26H38N6O7/c1-25(2,3)38-23(34)31(8)22(33)30(7)20-15-21(29-16-28-20)32(24(35)39-26(4,5)6)19-11-10-17(14-18(19)27)37-13-12-36-9/h10-11,14-16H,12-13,27H2,1-9H3. The van der Waals surface area contributed by atoms with E-state index in [9.17, 15) is 14.4 Å². The van der Waals surface area contributed by atoms with Crippen LogP contribution in [0.1, 0.15) is 41.5 Å². The molecule has 0 bridgehead atoms. The molecule has 0 aliphatic carbocycles. The number of aromatic nitrogens is 2. The number of amides is 4. The van der Waals surface area contributed by atoms with Crippen molar-refractivity contribution >= 4 is 41.2 Å². The molecule has 13 heteroatoms. The number of methoxy groups -OCH3 is 1. The van der Waals surface area contributed by atoms with Crippen molar-refractivity contribution in [3.05, 3.63) is 30.6 Å². The van der Waals surface area contributed by atoms with Crippen LogP contribution in [-0.4, -0.2) is 78.7 Å². The van der Waals surface area contributed by atoms with Gasteiger partial charge in [-0.3, -0.25) is 4.90 Å². The molecule has 0 saturated heterocycles. The zero-order valence-corrected chi connectivity index (χ0v) is 24.0. The van der Waals surface area contributed by atoms with Gasteiger partial charge >= 0.3 is 18.2 Å². The monoisotopic (exact) mass is 546 g/mol. The summed E-state index contributed by atoms with van der Waals surface area (Å²) < 4.78 is 21.5. The first-order chi connectivity index (χ1) is 18.0. The van der Waals surface area contributed by atoms with Gasteiger partial charge in [0, 0.05) is 33.3 Å². The van der Waals surface area contributed by atoms with Gasteiger partial charge in [0.1, 0.15) is 41.5 Å². The number of anilines is 4. The summed E-state index contributed by atoms with van der Waals surface area (Å²) in [6.07, 6.45) is -0.408. The molecule has 0 radical (unpaired) electrons. The molecule has 2 rings (SSSR count). The van der Waals surface area contributed by atoms with Crippen molar-refractivity contribution in [2.75, 3.05) is 50.0 Å². The van der Waals surface area contributed by atoms with Crippen LogP contribution in [0, 0.1) is 0 Å². The molecule has 0 aliphatic rings. The van der Waals surface area contributed by atoms with Gasteiger partial charge in [-0.05, 0) is 53.7 Å². The summed E-state index contributed by atoms with van der Waals surface area (Å²) in [7, 11) is 4.28. The fourth-order valence-electron chi connectivity index (χ4n) is 3.07. The lowest BCUT2D eigenvalue weighted by atomic mass is 10.2. The SMILES string of the molecule is COCCOc1ccc(N(C(=O)OC(C)(C)C)c2cc(N(C)C(=O)N(C)C(=O)OC(C)(C)C)ncn2)c(N)c1. The number of benzene rings is 1. The summed E-state index contributed by atoms with van der Waals surface area (Å²) in [4.78, 5) is 50.2. The minimum Gasteiger partial charge on any atom is -0.491 e. The molecule has 0 spiro atoms. The van der Waals surface area contributed by atoms with E-state index in [4.69, 9.17) is 24.7 Å². The number of rotatable bonds is 7. The first-order valence-corrected chi connectivity index (χ1v) is 12.1. The van der Waals surface area contributed by atoms with E-state index in [1.807, 2.05) is 0 Å². The van der Waals surface area contributed by atoms with Crippen molar-refractivity contribution in [1.82, 2.24) is 14.9 Å². The predicted molar refractivity (Wildman–Crippen MR) is 146 cm³/mol. The lowest BCUT2D eigenvalue weighted by Crippen LogP contribution is -2.45. The fourth-order valence-corrected chi connectivity index (χ4v) is 3.07. The third-order valence-corrected chi connectivity index (χ3v) is 4.82. The van der Waals surface area contributed by atoms with E-state index in [0.717, 1.165) is 9.80 Å². The zero-order chi connectivity index (χ0) is 29.5. The van der Waals surface area contributed by atoms with E-state index in [1.54, 1.807) is 66.9 Å². The Balaban J connectivity index is 2.45. The van der Waals surface area contributed by atoms with E-state index >= 15 is 0 Å². The molecule has 1 aromatic heterocycles. The maximum Gasteiger partial charge on any atom is 0.420 e. The largest absolute Gasteiger partial charge is 0.491 e. The van der Waals surface area contributed by atoms with Crippen molar-refractivity contribution in [2.45, 2.75) is 52.7 Å². The Morgan fingerprint density at radius 2 is 1.46 bits per heavy atom. The first kappa shape index (κ1) is 31.1. The molecule has 0 fully saturated rings. The van der Waals surface area contributed by atoms with Gasteiger partial charge in [-0.1, -0.05) is 0 Å². The van der Waals surface area contributed by atoms with Crippen molar-refractivity contribution in [3.8, 4) is 5.75 Å². The third kappa shape index (κ3) is 8.99. The molecule has 4 amide bonds. The van der Waals surface area contributed by atoms with Gasteiger partial charge in [0.05, 0.1) is 18.0 Å². The summed E-state index contributed by atoms with van der Waals surface area (Å²) in [6, 6.07) is 5.48. The molecule has 39 heavy (non-hydrogen) atoms. The second-order valence-electron chi connectivity index (χ2n) is 10.5. The Morgan fingerprint density at radius 1 is 0.872 bits per heavy atom. The molecule has 0 aliphatic heterocycles. The number of carbonyl (C=O) groups excluding carboxylic acids is 3. The molecule has 2 aromatic rings. The van der Waals surface area contributed by atoms with Crippen LogP contribution in [0.15, 0.2) is 30.6 Å². The molecule has 0 atom stereocenters. The summed E-state index contributed by atoms with van der Waals surface area (Å²) >= 11 is 0. The molecule has 0 saturated carbocycles. The number of nitrogens with zero attached hydrogens (tertiary/aromatic N) is 5. The molecule has 214 valence electrons. The second-order valence-corrected chi connectivity index (χ2v) is 10.5. The van der Waals surface area contributed by atoms with E-state index in [1.165, 1.54) is 31.4 Å². The number of nitrogens with two attached hydrogens (primary N) is 1. The number of hydrogen-bond donors (Lipinski definition) is 1. The Kier molecular flexibility index (Phi) is 10.1. The minimum absolute atomic E-state index is 0.0774. The van der Waals surface area contributed by atoms with E-state index in [0.29, 0.717) is 19.0 Å². The number of nitrogen functional groups attached to an aromatic ring is 1. The molecule has 2 N–H and O–H groups in total. The van der Waals surface area contributed by atoms with Crippen molar-refractivity contribution in [2.24, 2.45) is 0 Å². The minimum atomic E-state index is -0.829. The number of ether oxygens (including phenoxy) is 4. The maximum absolute atomic E-state index is 13.3. The molecule has 1 heterocycles. The van der Waals surface area contributed by atoms with Gasteiger partial charge < -0.3 is 24.7 Å². The molecule has 13 nitrogen and oxygen atoms in total. The van der Waals surface area contributed by atoms with Gasteiger partial charge in [0.25, 0.3) is 0 Å². The van der Waals surface area contributed by atoms with Crippen LogP contribution in [0.25, 0.3) is 0 Å². The molecule has 0 unspecified atom stereocenters. The molecular weight excluding hydrogens is 508 g/mol. The summed E-state index contributed by atoms with van der Waals surface area (Å²) in [6.45, 7) is 11.0. The third-order valence-electron chi connectivity index (χ3n) is 4.82. The quantitative estimate of drug-likeness (QED) is 0.386. The van der Waals surface area contributed by atoms with Gasteiger partial charge in [0.2, 0.25) is 0 Å². The van der Waals surface area contributed by atoms with Gasteiger partial charge in [-0.25, -0.2) is 34.2 Å². The van der Waals surface area contributed by atoms with Crippen LogP contribution >= 0.6 is 0 Å². The summed E-state index contributed by atoms with van der Waals surface area (Å²) in [5, 5.41) is 0. The average molecular weight is 547 g/mol. The Morgan fingerprint density at radius 3 is 2.03 bits per heavy atom. The highest BCUT2D eigenvalue weighted by molar-refractivity contribution is 6.01. The predicted octanol–water partition coefficient (Wildman–Crippen LogP) is 4.58. The van der Waals surface area contributed by atoms with Crippen molar-refractivity contribution in [1.29, 1.82) is 0 Å². The van der Waals surface area contributed by atoms with Crippen LogP contribution in [0.2, 0.25) is 0 Å². The summed E-state index contributed by atoms with van der Waals surface area (Å²) in [5.41, 5.74) is 5.18. The van der Waals surface area contributed by atoms with Gasteiger partial charge in [0.15, 0.2) is 0 Å². The first-order valence-electron chi connectivity index (χ1n) is 12.1. The Labute approximate surface area is 228 Å². The van der Waals surface area contributed by atoms with Crippen LogP contribution < -0.4 is 20.3 Å². The normalized spacial score (nSPS) is 11.4. The number of imide groups is 1. The number of carbonyl (C=O) groups is 3. The zero-order valence-electron chi connectivity index (χ0n) is 24.0. The smallest absolute Gasteiger partial charge is 0.420 e. The second kappa shape index (κ2) is 12.6. The highest BCUT2D eigenvalue weighted by Gasteiger charge is 2.30. The van der Waals surface area contributed by atoms with Crippen molar-refractivity contribution in [3.63, 3.8) is 0 Å². The van der Waals surface area contributed by atoms with E-state index in [-0.39, 0.29) is 23.0 Å². The number of hydrogen-bond acceptors (Lipinski definition) is 10. The lowest BCUT2D eigenvalue weighted by molar-refractivity contribution is 0.0364. The summed E-state index contributed by atoms with van der Waals surface area (Å²) in [5.74, 6) is 0.664. The van der Waals surface area contributed by atoms with Crippen LogP contribution in [0.4, 0.5) is 37.4 Å². The van der Waals surface area contributed by atoms with E-state index < -0.39 is 29.4 Å². The topological polar surface area (TPSA) is 150 Å². The van der Waals surface area contributed by atoms with E-state index in [2.05, 4.69) is 9.97 Å². The fraction of sp³-hybridized carbons (Fsp3) is 0.500. The molecule has 1 aromatic carbocycles. The number of urea groups is 1.